The Labute approximate surface area is 144 Å². The summed E-state index contributed by atoms with van der Waals surface area (Å²) in [7, 11) is 3.00. The van der Waals surface area contributed by atoms with Gasteiger partial charge in [-0.3, -0.25) is 9.59 Å². The molecular formula is C17H17ClN2O4. The van der Waals surface area contributed by atoms with Crippen LogP contribution in [0.1, 0.15) is 5.56 Å². The minimum atomic E-state index is -0.804. The quantitative estimate of drug-likeness (QED) is 0.831. The second kappa shape index (κ2) is 7.70. The van der Waals surface area contributed by atoms with Gasteiger partial charge < -0.3 is 20.1 Å². The van der Waals surface area contributed by atoms with E-state index in [2.05, 4.69) is 10.6 Å². The average molecular weight is 349 g/mol. The van der Waals surface area contributed by atoms with Crippen LogP contribution >= 0.6 is 11.6 Å². The van der Waals surface area contributed by atoms with Gasteiger partial charge in [0.15, 0.2) is 11.5 Å². The summed E-state index contributed by atoms with van der Waals surface area (Å²) in [5.74, 6) is -0.632. The Morgan fingerprint density at radius 3 is 2.29 bits per heavy atom. The zero-order chi connectivity index (χ0) is 17.7. The van der Waals surface area contributed by atoms with Crippen molar-refractivity contribution < 1.29 is 19.1 Å². The van der Waals surface area contributed by atoms with Crippen LogP contribution in [-0.4, -0.2) is 26.0 Å². The molecule has 24 heavy (non-hydrogen) atoms. The molecule has 0 aliphatic carbocycles. The first-order chi connectivity index (χ1) is 11.5. The van der Waals surface area contributed by atoms with Crippen molar-refractivity contribution >= 4 is 34.8 Å². The van der Waals surface area contributed by atoms with Crippen LogP contribution < -0.4 is 20.1 Å². The molecule has 0 heterocycles. The van der Waals surface area contributed by atoms with Gasteiger partial charge in [-0.05, 0) is 36.8 Å². The van der Waals surface area contributed by atoms with Crippen molar-refractivity contribution in [2.45, 2.75) is 6.92 Å². The number of benzene rings is 2. The molecular weight excluding hydrogens is 332 g/mol. The van der Waals surface area contributed by atoms with Gasteiger partial charge in [0.2, 0.25) is 0 Å². The lowest BCUT2D eigenvalue weighted by Gasteiger charge is -2.11. The lowest BCUT2D eigenvalue weighted by Crippen LogP contribution is -2.29. The van der Waals surface area contributed by atoms with Crippen LogP contribution in [-0.2, 0) is 9.59 Å². The molecule has 0 fully saturated rings. The third-order valence-electron chi connectivity index (χ3n) is 3.36. The molecule has 0 saturated carbocycles. The lowest BCUT2D eigenvalue weighted by atomic mass is 10.2. The van der Waals surface area contributed by atoms with Gasteiger partial charge in [0.1, 0.15) is 0 Å². The molecule has 0 aliphatic rings. The standard InChI is InChI=1S/C17H17ClN2O4/c1-10-12(18)5-4-6-13(10)20-17(22)16(21)19-11-7-8-14(23-2)15(9-11)24-3/h4-9H,1-3H3,(H,19,21)(H,20,22). The van der Waals surface area contributed by atoms with E-state index in [1.54, 1.807) is 43.3 Å². The zero-order valence-electron chi connectivity index (χ0n) is 13.5. The van der Waals surface area contributed by atoms with Crippen molar-refractivity contribution in [1.29, 1.82) is 0 Å². The molecule has 0 atom stereocenters. The molecule has 2 aromatic rings. The summed E-state index contributed by atoms with van der Waals surface area (Å²) in [5.41, 5.74) is 1.58. The fraction of sp³-hybridized carbons (Fsp3) is 0.176. The van der Waals surface area contributed by atoms with Gasteiger partial charge in [0.25, 0.3) is 0 Å². The molecule has 2 aromatic carbocycles. The Hall–Kier alpha value is -2.73. The molecule has 0 aromatic heterocycles. The largest absolute Gasteiger partial charge is 0.493 e. The van der Waals surface area contributed by atoms with E-state index in [1.807, 2.05) is 0 Å². The van der Waals surface area contributed by atoms with Crippen molar-refractivity contribution in [3.63, 3.8) is 0 Å². The van der Waals surface area contributed by atoms with Gasteiger partial charge in [0.05, 0.1) is 14.2 Å². The van der Waals surface area contributed by atoms with Gasteiger partial charge in [-0.25, -0.2) is 0 Å². The second-order valence-electron chi connectivity index (χ2n) is 4.89. The molecule has 0 bridgehead atoms. The molecule has 0 saturated heterocycles. The molecule has 0 unspecified atom stereocenters. The number of halogens is 1. The van der Waals surface area contributed by atoms with E-state index in [-0.39, 0.29) is 0 Å². The average Bonchev–Trinajstić information content (AvgIpc) is 2.58. The van der Waals surface area contributed by atoms with Crippen LogP contribution in [0.25, 0.3) is 0 Å². The van der Waals surface area contributed by atoms with E-state index in [0.29, 0.717) is 33.5 Å². The number of ether oxygens (including phenoxy) is 2. The monoisotopic (exact) mass is 348 g/mol. The van der Waals surface area contributed by atoms with Crippen molar-refractivity contribution in [2.75, 3.05) is 24.9 Å². The van der Waals surface area contributed by atoms with Crippen LogP contribution in [0.2, 0.25) is 5.02 Å². The Morgan fingerprint density at radius 2 is 1.62 bits per heavy atom. The summed E-state index contributed by atoms with van der Waals surface area (Å²) < 4.78 is 10.3. The zero-order valence-corrected chi connectivity index (χ0v) is 14.2. The topological polar surface area (TPSA) is 76.7 Å². The number of nitrogens with one attached hydrogen (secondary N) is 2. The van der Waals surface area contributed by atoms with Gasteiger partial charge in [0, 0.05) is 22.5 Å². The first kappa shape index (κ1) is 17.6. The number of carbonyl (C=O) groups excluding carboxylic acids is 2. The minimum Gasteiger partial charge on any atom is -0.493 e. The Morgan fingerprint density at radius 1 is 0.958 bits per heavy atom. The summed E-state index contributed by atoms with van der Waals surface area (Å²) in [6.07, 6.45) is 0. The van der Waals surface area contributed by atoms with E-state index in [9.17, 15) is 9.59 Å². The van der Waals surface area contributed by atoms with E-state index < -0.39 is 11.8 Å². The molecule has 6 nitrogen and oxygen atoms in total. The number of carbonyl (C=O) groups is 2. The number of amides is 2. The second-order valence-corrected chi connectivity index (χ2v) is 5.30. The number of methoxy groups -OCH3 is 2. The molecule has 0 spiro atoms. The van der Waals surface area contributed by atoms with Gasteiger partial charge in [-0.1, -0.05) is 17.7 Å². The molecule has 0 radical (unpaired) electrons. The molecule has 0 aliphatic heterocycles. The predicted molar refractivity (Wildman–Crippen MR) is 93.0 cm³/mol. The highest BCUT2D eigenvalue weighted by molar-refractivity contribution is 6.44. The highest BCUT2D eigenvalue weighted by atomic mass is 35.5. The third-order valence-corrected chi connectivity index (χ3v) is 3.77. The maximum absolute atomic E-state index is 12.0. The van der Waals surface area contributed by atoms with Crippen molar-refractivity contribution in [3.05, 3.63) is 47.0 Å². The summed E-state index contributed by atoms with van der Waals surface area (Å²) in [5, 5.41) is 5.54. The molecule has 2 amide bonds. The van der Waals surface area contributed by atoms with Crippen LogP contribution in [0.3, 0.4) is 0 Å². The molecule has 2 rings (SSSR count). The highest BCUT2D eigenvalue weighted by Crippen LogP contribution is 2.29. The summed E-state index contributed by atoms with van der Waals surface area (Å²) >= 11 is 5.99. The molecule has 126 valence electrons. The van der Waals surface area contributed by atoms with Gasteiger partial charge >= 0.3 is 11.8 Å². The van der Waals surface area contributed by atoms with Crippen LogP contribution in [0.15, 0.2) is 36.4 Å². The number of hydrogen-bond acceptors (Lipinski definition) is 4. The summed E-state index contributed by atoms with van der Waals surface area (Å²) in [6, 6.07) is 9.87. The van der Waals surface area contributed by atoms with Gasteiger partial charge in [-0.2, -0.15) is 0 Å². The number of hydrogen-bond donors (Lipinski definition) is 2. The maximum Gasteiger partial charge on any atom is 0.314 e. The normalized spacial score (nSPS) is 10.0. The summed E-state index contributed by atoms with van der Waals surface area (Å²) in [6.45, 7) is 1.75. The smallest absolute Gasteiger partial charge is 0.314 e. The summed E-state index contributed by atoms with van der Waals surface area (Å²) in [4.78, 5) is 24.1. The molecule has 7 heteroatoms. The minimum absolute atomic E-state index is 0.413. The van der Waals surface area contributed by atoms with Crippen molar-refractivity contribution in [2.24, 2.45) is 0 Å². The third kappa shape index (κ3) is 3.97. The van der Waals surface area contributed by atoms with E-state index in [1.165, 1.54) is 14.2 Å². The Bertz CT molecular complexity index is 777. The predicted octanol–water partition coefficient (Wildman–Crippen LogP) is 3.24. The van der Waals surface area contributed by atoms with E-state index in [4.69, 9.17) is 21.1 Å². The van der Waals surface area contributed by atoms with Crippen LogP contribution in [0.5, 0.6) is 11.5 Å². The van der Waals surface area contributed by atoms with E-state index in [0.717, 1.165) is 0 Å². The van der Waals surface area contributed by atoms with Crippen molar-refractivity contribution in [3.8, 4) is 11.5 Å². The van der Waals surface area contributed by atoms with E-state index >= 15 is 0 Å². The SMILES string of the molecule is COc1ccc(NC(=O)C(=O)Nc2cccc(Cl)c2C)cc1OC. The van der Waals surface area contributed by atoms with Crippen molar-refractivity contribution in [1.82, 2.24) is 0 Å². The van der Waals surface area contributed by atoms with Gasteiger partial charge in [-0.15, -0.1) is 0 Å². The Kier molecular flexibility index (Phi) is 5.65. The lowest BCUT2D eigenvalue weighted by molar-refractivity contribution is -0.133. The number of anilines is 2. The van der Waals surface area contributed by atoms with Crippen LogP contribution in [0, 0.1) is 6.92 Å². The van der Waals surface area contributed by atoms with Crippen LogP contribution in [0.4, 0.5) is 11.4 Å². The fourth-order valence-corrected chi connectivity index (χ4v) is 2.20. The first-order valence-electron chi connectivity index (χ1n) is 7.05. The Balaban J connectivity index is 2.09. The first-order valence-corrected chi connectivity index (χ1v) is 7.43. The molecule has 2 N–H and O–H groups in total. The number of rotatable bonds is 4. The maximum atomic E-state index is 12.0. The fourth-order valence-electron chi connectivity index (χ4n) is 2.02. The highest BCUT2D eigenvalue weighted by Gasteiger charge is 2.16.